The van der Waals surface area contributed by atoms with Crippen molar-refractivity contribution in [3.05, 3.63) is 0 Å². The molecule has 1 aliphatic heterocycles. The zero-order chi connectivity index (χ0) is 9.56. The smallest absolute Gasteiger partial charge is 0.0319 e. The van der Waals surface area contributed by atoms with E-state index in [0.717, 1.165) is 18.9 Å². The summed E-state index contributed by atoms with van der Waals surface area (Å²) in [4.78, 5) is 2.58. The predicted molar refractivity (Wildman–Crippen MR) is 53.2 cm³/mol. The van der Waals surface area contributed by atoms with E-state index in [4.69, 9.17) is 5.11 Å². The lowest BCUT2D eigenvalue weighted by atomic mass is 10.2. The molecule has 2 heteroatoms. The van der Waals surface area contributed by atoms with E-state index in [-0.39, 0.29) is 0 Å². The number of likely N-dealkylation sites (tertiary alicyclic amines) is 1. The predicted octanol–water partition coefficient (Wildman–Crippen LogP) is 1.59. The van der Waals surface area contributed by atoms with Crippen molar-refractivity contribution in [2.75, 3.05) is 26.7 Å². The highest BCUT2D eigenvalue weighted by molar-refractivity contribution is 4.72. The molecule has 1 rings (SSSR count). The van der Waals surface area contributed by atoms with Gasteiger partial charge in [0.15, 0.2) is 0 Å². The molecule has 0 amide bonds. The van der Waals surface area contributed by atoms with Crippen LogP contribution in [0.1, 0.15) is 27.2 Å². The summed E-state index contributed by atoms with van der Waals surface area (Å²) in [6.07, 6.45) is 1.41. The van der Waals surface area contributed by atoms with E-state index in [1.165, 1.54) is 26.1 Å². The van der Waals surface area contributed by atoms with Crippen molar-refractivity contribution in [2.45, 2.75) is 27.2 Å². The third-order valence-corrected chi connectivity index (χ3v) is 2.13. The third kappa shape index (κ3) is 4.73. The minimum absolute atomic E-state index is 0.838. The first-order valence-electron chi connectivity index (χ1n) is 4.85. The highest BCUT2D eigenvalue weighted by Gasteiger charge is 2.18. The van der Waals surface area contributed by atoms with E-state index < -0.39 is 0 Å². The van der Waals surface area contributed by atoms with Crippen molar-refractivity contribution in [3.63, 3.8) is 0 Å². The van der Waals surface area contributed by atoms with Gasteiger partial charge in [-0.1, -0.05) is 20.8 Å². The summed E-state index contributed by atoms with van der Waals surface area (Å²) in [6.45, 7) is 10.9. The number of hydrogen-bond acceptors (Lipinski definition) is 2. The highest BCUT2D eigenvalue weighted by atomic mass is 16.2. The summed E-state index contributed by atoms with van der Waals surface area (Å²) in [5.41, 5.74) is 0. The summed E-state index contributed by atoms with van der Waals surface area (Å²) in [6, 6.07) is 0. The second-order valence-corrected chi connectivity index (χ2v) is 4.05. The molecule has 74 valence electrons. The third-order valence-electron chi connectivity index (χ3n) is 2.13. The normalized spacial score (nSPS) is 24.0. The van der Waals surface area contributed by atoms with Crippen LogP contribution in [0, 0.1) is 11.8 Å². The molecule has 0 bridgehead atoms. The van der Waals surface area contributed by atoms with E-state index in [0.29, 0.717) is 0 Å². The monoisotopic (exact) mass is 173 g/mol. The van der Waals surface area contributed by atoms with Gasteiger partial charge in [0.25, 0.3) is 0 Å². The largest absolute Gasteiger partial charge is 0.400 e. The fourth-order valence-corrected chi connectivity index (χ4v) is 1.71. The maximum atomic E-state index is 7.00. The molecule has 0 aromatic rings. The zero-order valence-corrected chi connectivity index (χ0v) is 8.88. The van der Waals surface area contributed by atoms with Crippen LogP contribution in [0.3, 0.4) is 0 Å². The fourth-order valence-electron chi connectivity index (χ4n) is 1.71. The molecule has 1 fully saturated rings. The van der Waals surface area contributed by atoms with Crippen LogP contribution < -0.4 is 0 Å². The molecule has 1 N–H and O–H groups in total. The molecule has 0 saturated carbocycles. The number of aliphatic hydroxyl groups excluding tert-OH is 1. The van der Waals surface area contributed by atoms with Crippen molar-refractivity contribution in [1.29, 1.82) is 0 Å². The van der Waals surface area contributed by atoms with Crippen LogP contribution in [-0.2, 0) is 0 Å². The second-order valence-electron chi connectivity index (χ2n) is 4.05. The molecule has 1 unspecified atom stereocenters. The van der Waals surface area contributed by atoms with E-state index in [9.17, 15) is 0 Å². The van der Waals surface area contributed by atoms with Gasteiger partial charge >= 0.3 is 0 Å². The SMILES string of the molecule is CC(C)CN1CCC(C)C1.CO. The fraction of sp³-hybridized carbons (Fsp3) is 1.00. The Hall–Kier alpha value is -0.0800. The molecule has 12 heavy (non-hydrogen) atoms. The lowest BCUT2D eigenvalue weighted by Gasteiger charge is -2.17. The number of aliphatic hydroxyl groups is 1. The average molecular weight is 173 g/mol. The van der Waals surface area contributed by atoms with Crippen molar-refractivity contribution in [2.24, 2.45) is 11.8 Å². The van der Waals surface area contributed by atoms with Gasteiger partial charge in [-0.05, 0) is 24.8 Å². The Labute approximate surface area is 76.6 Å². The van der Waals surface area contributed by atoms with Crippen LogP contribution in [0.15, 0.2) is 0 Å². The molecule has 1 heterocycles. The Kier molecular flexibility index (Phi) is 6.39. The molecule has 2 nitrogen and oxygen atoms in total. The van der Waals surface area contributed by atoms with E-state index in [1.807, 2.05) is 0 Å². The van der Waals surface area contributed by atoms with Crippen LogP contribution >= 0.6 is 0 Å². The summed E-state index contributed by atoms with van der Waals surface area (Å²) < 4.78 is 0. The Bertz CT molecular complexity index is 104. The zero-order valence-electron chi connectivity index (χ0n) is 8.88. The molecule has 1 aliphatic rings. The van der Waals surface area contributed by atoms with Crippen molar-refractivity contribution in [3.8, 4) is 0 Å². The van der Waals surface area contributed by atoms with Gasteiger partial charge in [-0.15, -0.1) is 0 Å². The van der Waals surface area contributed by atoms with Gasteiger partial charge in [0.1, 0.15) is 0 Å². The standard InChI is InChI=1S/C9H19N.CH4O/c1-8(2)6-10-5-4-9(3)7-10;1-2/h8-9H,4-7H2,1-3H3;2H,1H3. The number of nitrogens with zero attached hydrogens (tertiary/aromatic N) is 1. The molecular weight excluding hydrogens is 150 g/mol. The van der Waals surface area contributed by atoms with Gasteiger partial charge < -0.3 is 10.0 Å². The van der Waals surface area contributed by atoms with Gasteiger partial charge in [-0.2, -0.15) is 0 Å². The summed E-state index contributed by atoms with van der Waals surface area (Å²) >= 11 is 0. The van der Waals surface area contributed by atoms with E-state index >= 15 is 0 Å². The maximum Gasteiger partial charge on any atom is 0.0319 e. The van der Waals surface area contributed by atoms with Gasteiger partial charge in [0.2, 0.25) is 0 Å². The van der Waals surface area contributed by atoms with Crippen LogP contribution in [-0.4, -0.2) is 36.8 Å². The van der Waals surface area contributed by atoms with Gasteiger partial charge in [0, 0.05) is 20.2 Å². The van der Waals surface area contributed by atoms with Crippen LogP contribution in [0.4, 0.5) is 0 Å². The van der Waals surface area contributed by atoms with Crippen molar-refractivity contribution in [1.82, 2.24) is 4.90 Å². The Morgan fingerprint density at radius 3 is 2.33 bits per heavy atom. The lowest BCUT2D eigenvalue weighted by Crippen LogP contribution is -2.24. The first-order valence-corrected chi connectivity index (χ1v) is 4.85. The second kappa shape index (κ2) is 6.44. The molecule has 0 radical (unpaired) electrons. The molecule has 1 saturated heterocycles. The van der Waals surface area contributed by atoms with E-state index in [2.05, 4.69) is 25.7 Å². The van der Waals surface area contributed by atoms with Gasteiger partial charge in [-0.3, -0.25) is 0 Å². The molecule has 1 atom stereocenters. The topological polar surface area (TPSA) is 23.5 Å². The van der Waals surface area contributed by atoms with Gasteiger partial charge in [-0.25, -0.2) is 0 Å². The summed E-state index contributed by atoms with van der Waals surface area (Å²) in [7, 11) is 1.00. The number of hydrogen-bond donors (Lipinski definition) is 1. The van der Waals surface area contributed by atoms with Crippen molar-refractivity contribution >= 4 is 0 Å². The Morgan fingerprint density at radius 2 is 2.00 bits per heavy atom. The maximum absolute atomic E-state index is 7.00. The Morgan fingerprint density at radius 1 is 1.42 bits per heavy atom. The average Bonchev–Trinajstić information content (AvgIpc) is 2.39. The molecule has 0 aromatic carbocycles. The first kappa shape index (κ1) is 11.9. The van der Waals surface area contributed by atoms with Crippen LogP contribution in [0.5, 0.6) is 0 Å². The van der Waals surface area contributed by atoms with Crippen LogP contribution in [0.25, 0.3) is 0 Å². The lowest BCUT2D eigenvalue weighted by molar-refractivity contribution is 0.290. The minimum atomic E-state index is 0.838. The summed E-state index contributed by atoms with van der Waals surface area (Å²) in [5.74, 6) is 1.78. The molecule has 0 spiro atoms. The molecule has 0 aromatic heterocycles. The van der Waals surface area contributed by atoms with Gasteiger partial charge in [0.05, 0.1) is 0 Å². The quantitative estimate of drug-likeness (QED) is 0.685. The molecule has 0 aliphatic carbocycles. The van der Waals surface area contributed by atoms with E-state index in [1.54, 1.807) is 0 Å². The van der Waals surface area contributed by atoms with Crippen molar-refractivity contribution < 1.29 is 5.11 Å². The molecular formula is C10H23NO. The number of rotatable bonds is 2. The van der Waals surface area contributed by atoms with Crippen LogP contribution in [0.2, 0.25) is 0 Å². The highest BCUT2D eigenvalue weighted by Crippen LogP contribution is 2.15. The first-order chi connectivity index (χ1) is 5.68. The minimum Gasteiger partial charge on any atom is -0.400 e. The Balaban J connectivity index is 0.000000561. The summed E-state index contributed by atoms with van der Waals surface area (Å²) in [5, 5.41) is 7.00.